The number of rotatable bonds is 7. The quantitative estimate of drug-likeness (QED) is 0.781. The minimum Gasteiger partial charge on any atom is -0.494 e. The second-order valence-electron chi connectivity index (χ2n) is 6.28. The van der Waals surface area contributed by atoms with Gasteiger partial charge in [-0.3, -0.25) is 4.90 Å². The van der Waals surface area contributed by atoms with Crippen LogP contribution in [0.4, 0.5) is 0 Å². The summed E-state index contributed by atoms with van der Waals surface area (Å²) in [6, 6.07) is 7.94. The van der Waals surface area contributed by atoms with Crippen LogP contribution in [-0.4, -0.2) is 47.6 Å². The van der Waals surface area contributed by atoms with Gasteiger partial charge in [-0.2, -0.15) is 5.10 Å². The molecule has 1 aromatic heterocycles. The molecule has 1 aliphatic rings. The van der Waals surface area contributed by atoms with Crippen molar-refractivity contribution in [3.63, 3.8) is 0 Å². The lowest BCUT2D eigenvalue weighted by Crippen LogP contribution is -2.35. The maximum absolute atomic E-state index is 5.87. The van der Waals surface area contributed by atoms with Crippen molar-refractivity contribution in [1.29, 1.82) is 0 Å². The van der Waals surface area contributed by atoms with Crippen molar-refractivity contribution in [2.75, 3.05) is 26.8 Å². The highest BCUT2D eigenvalue weighted by atomic mass is 16.5. The smallest absolute Gasteiger partial charge is 0.144 e. The SMILES string of the molecule is CCN(Cc1cnn(-c2ccccc2OC)c1)C[C@H]1CCCCO1. The zero-order chi connectivity index (χ0) is 16.8. The van der Waals surface area contributed by atoms with Crippen LogP contribution in [0, 0.1) is 0 Å². The monoisotopic (exact) mass is 329 g/mol. The van der Waals surface area contributed by atoms with Crippen molar-refractivity contribution in [2.45, 2.75) is 38.8 Å². The van der Waals surface area contributed by atoms with Crippen LogP contribution in [0.25, 0.3) is 5.69 Å². The van der Waals surface area contributed by atoms with E-state index in [2.05, 4.69) is 23.1 Å². The zero-order valence-corrected chi connectivity index (χ0v) is 14.6. The third-order valence-electron chi connectivity index (χ3n) is 4.56. The van der Waals surface area contributed by atoms with Gasteiger partial charge in [0, 0.05) is 31.5 Å². The molecule has 1 fully saturated rings. The van der Waals surface area contributed by atoms with Crippen molar-refractivity contribution in [3.8, 4) is 11.4 Å². The van der Waals surface area contributed by atoms with E-state index in [0.29, 0.717) is 6.10 Å². The summed E-state index contributed by atoms with van der Waals surface area (Å²) >= 11 is 0. The number of nitrogens with zero attached hydrogens (tertiary/aromatic N) is 3. The molecule has 5 heteroatoms. The third kappa shape index (κ3) is 4.16. The van der Waals surface area contributed by atoms with Gasteiger partial charge < -0.3 is 9.47 Å². The van der Waals surface area contributed by atoms with E-state index in [0.717, 1.165) is 37.7 Å². The number of methoxy groups -OCH3 is 1. The van der Waals surface area contributed by atoms with Crippen molar-refractivity contribution in [2.24, 2.45) is 0 Å². The van der Waals surface area contributed by atoms with Gasteiger partial charge in [-0.15, -0.1) is 0 Å². The number of hydrogen-bond acceptors (Lipinski definition) is 4. The maximum Gasteiger partial charge on any atom is 0.144 e. The molecule has 0 radical (unpaired) electrons. The fourth-order valence-corrected chi connectivity index (χ4v) is 3.20. The lowest BCUT2D eigenvalue weighted by molar-refractivity contribution is -0.00623. The van der Waals surface area contributed by atoms with Crippen LogP contribution >= 0.6 is 0 Å². The molecule has 1 atom stereocenters. The number of para-hydroxylation sites is 2. The number of benzene rings is 1. The van der Waals surface area contributed by atoms with Gasteiger partial charge in [-0.25, -0.2) is 4.68 Å². The molecule has 130 valence electrons. The average Bonchev–Trinajstić information content (AvgIpc) is 3.10. The zero-order valence-electron chi connectivity index (χ0n) is 14.6. The molecule has 0 aliphatic carbocycles. The van der Waals surface area contributed by atoms with Crippen LogP contribution in [0.3, 0.4) is 0 Å². The molecule has 5 nitrogen and oxygen atoms in total. The molecule has 0 N–H and O–H groups in total. The van der Waals surface area contributed by atoms with E-state index in [1.807, 2.05) is 35.1 Å². The summed E-state index contributed by atoms with van der Waals surface area (Å²) in [5.74, 6) is 0.829. The van der Waals surface area contributed by atoms with Gasteiger partial charge in [-0.1, -0.05) is 19.1 Å². The molecular formula is C19H27N3O2. The molecule has 1 aromatic carbocycles. The standard InChI is InChI=1S/C19H27N3O2/c1-3-21(15-17-8-6-7-11-24-17)13-16-12-20-22(14-16)18-9-4-5-10-19(18)23-2/h4-5,9-10,12,14,17H,3,6-8,11,13,15H2,1-2H3/t17-/m1/s1. The fraction of sp³-hybridized carbons (Fsp3) is 0.526. The summed E-state index contributed by atoms with van der Waals surface area (Å²) in [5, 5.41) is 4.51. The highest BCUT2D eigenvalue weighted by Gasteiger charge is 2.17. The normalized spacial score (nSPS) is 18.0. The topological polar surface area (TPSA) is 39.5 Å². The van der Waals surface area contributed by atoms with Crippen LogP contribution in [-0.2, 0) is 11.3 Å². The highest BCUT2D eigenvalue weighted by molar-refractivity contribution is 5.46. The summed E-state index contributed by atoms with van der Waals surface area (Å²) < 4.78 is 13.2. The van der Waals surface area contributed by atoms with E-state index in [4.69, 9.17) is 9.47 Å². The Morgan fingerprint density at radius 1 is 1.33 bits per heavy atom. The molecular weight excluding hydrogens is 302 g/mol. The van der Waals surface area contributed by atoms with Gasteiger partial charge >= 0.3 is 0 Å². The second-order valence-corrected chi connectivity index (χ2v) is 6.28. The Balaban J connectivity index is 1.66. The summed E-state index contributed by atoms with van der Waals surface area (Å²) in [6.45, 7) is 6.02. The minimum atomic E-state index is 0.378. The molecule has 0 bridgehead atoms. The van der Waals surface area contributed by atoms with Crippen molar-refractivity contribution in [3.05, 3.63) is 42.2 Å². The molecule has 0 saturated carbocycles. The van der Waals surface area contributed by atoms with Gasteiger partial charge in [0.2, 0.25) is 0 Å². The third-order valence-corrected chi connectivity index (χ3v) is 4.56. The van der Waals surface area contributed by atoms with Crippen LogP contribution in [0.15, 0.2) is 36.7 Å². The predicted octanol–water partition coefficient (Wildman–Crippen LogP) is 3.27. The first kappa shape index (κ1) is 17.0. The first-order valence-electron chi connectivity index (χ1n) is 8.81. The van der Waals surface area contributed by atoms with Crippen LogP contribution < -0.4 is 4.74 Å². The van der Waals surface area contributed by atoms with E-state index in [-0.39, 0.29) is 0 Å². The fourth-order valence-electron chi connectivity index (χ4n) is 3.20. The Labute approximate surface area is 144 Å². The first-order chi connectivity index (χ1) is 11.8. The van der Waals surface area contributed by atoms with Gasteiger partial charge in [-0.05, 0) is 37.9 Å². The Hall–Kier alpha value is -1.85. The van der Waals surface area contributed by atoms with E-state index in [1.165, 1.54) is 24.8 Å². The van der Waals surface area contributed by atoms with Crippen molar-refractivity contribution >= 4 is 0 Å². The predicted molar refractivity (Wildman–Crippen MR) is 94.7 cm³/mol. The number of likely N-dealkylation sites (N-methyl/N-ethyl adjacent to an activating group) is 1. The summed E-state index contributed by atoms with van der Waals surface area (Å²) in [5.41, 5.74) is 2.17. The number of ether oxygens (including phenoxy) is 2. The summed E-state index contributed by atoms with van der Waals surface area (Å²) in [6.07, 6.45) is 8.07. The van der Waals surface area contributed by atoms with E-state index >= 15 is 0 Å². The van der Waals surface area contributed by atoms with E-state index < -0.39 is 0 Å². The van der Waals surface area contributed by atoms with E-state index in [9.17, 15) is 0 Å². The lowest BCUT2D eigenvalue weighted by Gasteiger charge is -2.28. The summed E-state index contributed by atoms with van der Waals surface area (Å²) in [4.78, 5) is 2.43. The number of hydrogen-bond donors (Lipinski definition) is 0. The summed E-state index contributed by atoms with van der Waals surface area (Å²) in [7, 11) is 1.69. The number of aromatic nitrogens is 2. The molecule has 24 heavy (non-hydrogen) atoms. The van der Waals surface area contributed by atoms with Crippen molar-refractivity contribution < 1.29 is 9.47 Å². The second kappa shape index (κ2) is 8.31. The van der Waals surface area contributed by atoms with Gasteiger partial charge in [0.05, 0.1) is 19.4 Å². The van der Waals surface area contributed by atoms with Crippen LogP contribution in [0.1, 0.15) is 31.7 Å². The van der Waals surface area contributed by atoms with Gasteiger partial charge in [0.15, 0.2) is 0 Å². The van der Waals surface area contributed by atoms with Gasteiger partial charge in [0.1, 0.15) is 11.4 Å². The van der Waals surface area contributed by atoms with Crippen LogP contribution in [0.2, 0.25) is 0 Å². The Morgan fingerprint density at radius 3 is 2.96 bits per heavy atom. The molecule has 2 aromatic rings. The first-order valence-corrected chi connectivity index (χ1v) is 8.81. The molecule has 1 aliphatic heterocycles. The largest absolute Gasteiger partial charge is 0.494 e. The van der Waals surface area contributed by atoms with Gasteiger partial charge in [0.25, 0.3) is 0 Å². The molecule has 3 rings (SSSR count). The van der Waals surface area contributed by atoms with Crippen molar-refractivity contribution in [1.82, 2.24) is 14.7 Å². The molecule has 0 amide bonds. The highest BCUT2D eigenvalue weighted by Crippen LogP contribution is 2.22. The maximum atomic E-state index is 5.87. The molecule has 0 spiro atoms. The Morgan fingerprint density at radius 2 is 2.21 bits per heavy atom. The molecule has 2 heterocycles. The Bertz CT molecular complexity index is 635. The molecule has 0 unspecified atom stereocenters. The van der Waals surface area contributed by atoms with E-state index in [1.54, 1.807) is 7.11 Å². The average molecular weight is 329 g/mol. The Kier molecular flexibility index (Phi) is 5.88. The van der Waals surface area contributed by atoms with Crippen LogP contribution in [0.5, 0.6) is 5.75 Å². The molecule has 1 saturated heterocycles. The lowest BCUT2D eigenvalue weighted by atomic mass is 10.1. The minimum absolute atomic E-state index is 0.378.